The SMILES string of the molecule is CNCc1cccc(OCCCN2CCCC2)c1F. The van der Waals surface area contributed by atoms with Crippen LogP contribution in [0.15, 0.2) is 18.2 Å². The van der Waals surface area contributed by atoms with Gasteiger partial charge in [-0.05, 0) is 45.5 Å². The maximum Gasteiger partial charge on any atom is 0.169 e. The van der Waals surface area contributed by atoms with Crippen LogP contribution in [0.4, 0.5) is 4.39 Å². The molecule has 0 aromatic heterocycles. The summed E-state index contributed by atoms with van der Waals surface area (Å²) in [7, 11) is 1.81. The number of halogens is 1. The monoisotopic (exact) mass is 266 g/mol. The smallest absolute Gasteiger partial charge is 0.169 e. The Bertz CT molecular complexity index is 392. The summed E-state index contributed by atoms with van der Waals surface area (Å²) in [6.07, 6.45) is 3.57. The molecule has 3 nitrogen and oxygen atoms in total. The van der Waals surface area contributed by atoms with Gasteiger partial charge in [0.25, 0.3) is 0 Å². The molecule has 1 aliphatic rings. The summed E-state index contributed by atoms with van der Waals surface area (Å²) < 4.78 is 19.6. The average molecular weight is 266 g/mol. The van der Waals surface area contributed by atoms with Crippen molar-refractivity contribution in [1.29, 1.82) is 0 Å². The maximum absolute atomic E-state index is 14.0. The van der Waals surface area contributed by atoms with Crippen molar-refractivity contribution in [3.05, 3.63) is 29.6 Å². The number of nitrogens with zero attached hydrogens (tertiary/aromatic N) is 1. The van der Waals surface area contributed by atoms with Crippen LogP contribution >= 0.6 is 0 Å². The molecule has 0 unspecified atom stereocenters. The molecule has 2 rings (SSSR count). The van der Waals surface area contributed by atoms with E-state index in [2.05, 4.69) is 10.2 Å². The number of hydrogen-bond acceptors (Lipinski definition) is 3. The predicted octanol–water partition coefficient (Wildman–Crippen LogP) is 2.41. The lowest BCUT2D eigenvalue weighted by atomic mass is 10.2. The third kappa shape index (κ3) is 4.18. The normalized spacial score (nSPS) is 15.9. The first-order chi connectivity index (χ1) is 9.31. The first-order valence-corrected chi connectivity index (χ1v) is 7.08. The zero-order valence-electron chi connectivity index (χ0n) is 11.6. The third-order valence-corrected chi connectivity index (χ3v) is 3.49. The Morgan fingerprint density at radius 1 is 1.32 bits per heavy atom. The molecule has 0 saturated carbocycles. The van der Waals surface area contributed by atoms with Crippen molar-refractivity contribution in [1.82, 2.24) is 10.2 Å². The molecule has 106 valence electrons. The van der Waals surface area contributed by atoms with Crippen LogP contribution in [0.3, 0.4) is 0 Å². The highest BCUT2D eigenvalue weighted by Gasteiger charge is 2.11. The van der Waals surface area contributed by atoms with Gasteiger partial charge in [-0.2, -0.15) is 0 Å². The number of rotatable bonds is 7. The third-order valence-electron chi connectivity index (χ3n) is 3.49. The number of ether oxygens (including phenoxy) is 1. The largest absolute Gasteiger partial charge is 0.490 e. The van der Waals surface area contributed by atoms with Crippen molar-refractivity contribution in [2.75, 3.05) is 33.3 Å². The van der Waals surface area contributed by atoms with E-state index in [4.69, 9.17) is 4.74 Å². The standard InChI is InChI=1S/C15H23FN2O/c1-17-12-13-6-4-7-14(15(13)16)19-11-5-10-18-8-2-3-9-18/h4,6-7,17H,2-3,5,8-12H2,1H3. The topological polar surface area (TPSA) is 24.5 Å². The summed E-state index contributed by atoms with van der Waals surface area (Å²) in [4.78, 5) is 2.44. The summed E-state index contributed by atoms with van der Waals surface area (Å²) in [5.74, 6) is 0.132. The van der Waals surface area contributed by atoms with E-state index >= 15 is 0 Å². The highest BCUT2D eigenvalue weighted by Crippen LogP contribution is 2.20. The van der Waals surface area contributed by atoms with Crippen molar-refractivity contribution < 1.29 is 9.13 Å². The van der Waals surface area contributed by atoms with Gasteiger partial charge in [0.1, 0.15) is 0 Å². The van der Waals surface area contributed by atoms with E-state index in [0.717, 1.165) is 13.0 Å². The Kier molecular flexibility index (Phi) is 5.61. The summed E-state index contributed by atoms with van der Waals surface area (Å²) in [5.41, 5.74) is 0.652. The summed E-state index contributed by atoms with van der Waals surface area (Å²) in [6, 6.07) is 5.32. The van der Waals surface area contributed by atoms with E-state index in [-0.39, 0.29) is 5.82 Å². The molecule has 19 heavy (non-hydrogen) atoms. The van der Waals surface area contributed by atoms with E-state index in [1.807, 2.05) is 13.1 Å². The van der Waals surface area contributed by atoms with Crippen molar-refractivity contribution in [3.63, 3.8) is 0 Å². The molecule has 1 aromatic rings. The van der Waals surface area contributed by atoms with Crippen LogP contribution in [0.25, 0.3) is 0 Å². The van der Waals surface area contributed by atoms with Gasteiger partial charge >= 0.3 is 0 Å². The molecule has 1 aromatic carbocycles. The van der Waals surface area contributed by atoms with Crippen molar-refractivity contribution >= 4 is 0 Å². The Morgan fingerprint density at radius 3 is 2.84 bits per heavy atom. The van der Waals surface area contributed by atoms with E-state index in [0.29, 0.717) is 24.5 Å². The predicted molar refractivity (Wildman–Crippen MR) is 74.9 cm³/mol. The Morgan fingerprint density at radius 2 is 2.11 bits per heavy atom. The molecule has 0 radical (unpaired) electrons. The minimum atomic E-state index is -0.238. The van der Waals surface area contributed by atoms with E-state index < -0.39 is 0 Å². The maximum atomic E-state index is 14.0. The van der Waals surface area contributed by atoms with Crippen molar-refractivity contribution in [3.8, 4) is 5.75 Å². The summed E-state index contributed by atoms with van der Waals surface area (Å²) >= 11 is 0. The van der Waals surface area contributed by atoms with Gasteiger partial charge in [-0.3, -0.25) is 0 Å². The highest BCUT2D eigenvalue weighted by molar-refractivity contribution is 5.31. The van der Waals surface area contributed by atoms with Gasteiger partial charge in [-0.25, -0.2) is 4.39 Å². The van der Waals surface area contributed by atoms with Gasteiger partial charge in [0.15, 0.2) is 11.6 Å². The fourth-order valence-electron chi connectivity index (χ4n) is 2.47. The molecule has 1 fully saturated rings. The molecule has 1 N–H and O–H groups in total. The van der Waals surface area contributed by atoms with E-state index in [1.54, 1.807) is 12.1 Å². The van der Waals surface area contributed by atoms with Crippen LogP contribution < -0.4 is 10.1 Å². The number of nitrogens with one attached hydrogen (secondary N) is 1. The van der Waals surface area contributed by atoms with Gasteiger partial charge in [-0.15, -0.1) is 0 Å². The Balaban J connectivity index is 1.77. The van der Waals surface area contributed by atoms with Crippen molar-refractivity contribution in [2.45, 2.75) is 25.8 Å². The molecule has 0 spiro atoms. The Hall–Kier alpha value is -1.13. The molecule has 0 bridgehead atoms. The van der Waals surface area contributed by atoms with Gasteiger partial charge in [-0.1, -0.05) is 12.1 Å². The lowest BCUT2D eigenvalue weighted by Crippen LogP contribution is -2.22. The molecular formula is C15H23FN2O. The average Bonchev–Trinajstić information content (AvgIpc) is 2.92. The van der Waals surface area contributed by atoms with E-state index in [1.165, 1.54) is 25.9 Å². The van der Waals surface area contributed by atoms with E-state index in [9.17, 15) is 4.39 Å². The molecule has 1 saturated heterocycles. The number of hydrogen-bond donors (Lipinski definition) is 1. The quantitative estimate of drug-likeness (QED) is 0.767. The van der Waals surface area contributed by atoms with Crippen LogP contribution in [-0.2, 0) is 6.54 Å². The van der Waals surface area contributed by atoms with Gasteiger partial charge in [0.05, 0.1) is 6.61 Å². The van der Waals surface area contributed by atoms with Gasteiger partial charge < -0.3 is 15.0 Å². The van der Waals surface area contributed by atoms with Gasteiger partial charge in [0.2, 0.25) is 0 Å². The van der Waals surface area contributed by atoms with Gasteiger partial charge in [0, 0.05) is 18.7 Å². The fraction of sp³-hybridized carbons (Fsp3) is 0.600. The molecule has 0 amide bonds. The van der Waals surface area contributed by atoms with Crippen LogP contribution in [0, 0.1) is 5.82 Å². The molecular weight excluding hydrogens is 243 g/mol. The van der Waals surface area contributed by atoms with Crippen LogP contribution in [0.5, 0.6) is 5.75 Å². The fourth-order valence-corrected chi connectivity index (χ4v) is 2.47. The van der Waals surface area contributed by atoms with Crippen LogP contribution in [-0.4, -0.2) is 38.2 Å². The van der Waals surface area contributed by atoms with Crippen LogP contribution in [0.1, 0.15) is 24.8 Å². The highest BCUT2D eigenvalue weighted by atomic mass is 19.1. The minimum Gasteiger partial charge on any atom is -0.490 e. The number of benzene rings is 1. The minimum absolute atomic E-state index is 0.238. The molecule has 4 heteroatoms. The van der Waals surface area contributed by atoms with Crippen molar-refractivity contribution in [2.24, 2.45) is 0 Å². The second-order valence-corrected chi connectivity index (χ2v) is 5.01. The second kappa shape index (κ2) is 7.46. The summed E-state index contributed by atoms with van der Waals surface area (Å²) in [5, 5.41) is 2.95. The zero-order valence-corrected chi connectivity index (χ0v) is 11.6. The summed E-state index contributed by atoms with van der Waals surface area (Å²) in [6.45, 7) is 4.56. The lowest BCUT2D eigenvalue weighted by molar-refractivity contribution is 0.255. The lowest BCUT2D eigenvalue weighted by Gasteiger charge is -2.15. The second-order valence-electron chi connectivity index (χ2n) is 5.01. The first kappa shape index (κ1) is 14.3. The zero-order chi connectivity index (χ0) is 13.5. The molecule has 0 aliphatic carbocycles. The Labute approximate surface area is 114 Å². The molecule has 1 heterocycles. The van der Waals surface area contributed by atoms with Crippen LogP contribution in [0.2, 0.25) is 0 Å². The molecule has 1 aliphatic heterocycles. The first-order valence-electron chi connectivity index (χ1n) is 7.08. The number of likely N-dealkylation sites (tertiary alicyclic amines) is 1. The molecule has 0 atom stereocenters.